The van der Waals surface area contributed by atoms with Gasteiger partial charge in [-0.2, -0.15) is 0 Å². The molecular formula is C16H19N3O2. The maximum Gasteiger partial charge on any atom is 0.411 e. The number of carbonyl (C=O) groups is 1. The van der Waals surface area contributed by atoms with Crippen molar-refractivity contribution in [1.82, 2.24) is 15.3 Å². The second-order valence-corrected chi connectivity index (χ2v) is 5.09. The van der Waals surface area contributed by atoms with Crippen molar-refractivity contribution in [3.63, 3.8) is 0 Å². The lowest BCUT2D eigenvalue weighted by Crippen LogP contribution is -2.49. The first-order valence-corrected chi connectivity index (χ1v) is 7.20. The molecule has 0 bridgehead atoms. The summed E-state index contributed by atoms with van der Waals surface area (Å²) in [5, 5.41) is 1.94. The summed E-state index contributed by atoms with van der Waals surface area (Å²) in [7, 11) is 0. The number of nitrogens with one attached hydrogen (secondary N) is 1. The SMILES string of the molecule is O=C(OCc1ccccc1)N1CCCC1N1C=CC=CN1. The third-order valence-electron chi connectivity index (χ3n) is 3.66. The second-order valence-electron chi connectivity index (χ2n) is 5.09. The summed E-state index contributed by atoms with van der Waals surface area (Å²) < 4.78 is 5.42. The van der Waals surface area contributed by atoms with Gasteiger partial charge in [0.1, 0.15) is 12.8 Å². The molecule has 1 fully saturated rings. The summed E-state index contributed by atoms with van der Waals surface area (Å²) in [6.07, 6.45) is 9.33. The highest BCUT2D eigenvalue weighted by molar-refractivity contribution is 5.68. The number of ether oxygens (including phenoxy) is 1. The lowest BCUT2D eigenvalue weighted by Gasteiger charge is -2.34. The maximum atomic E-state index is 12.3. The van der Waals surface area contributed by atoms with Gasteiger partial charge in [-0.05, 0) is 30.6 Å². The largest absolute Gasteiger partial charge is 0.444 e. The van der Waals surface area contributed by atoms with Crippen LogP contribution in [0.5, 0.6) is 0 Å². The van der Waals surface area contributed by atoms with Crippen molar-refractivity contribution in [1.29, 1.82) is 0 Å². The standard InChI is InChI=1S/C16H19N3O2/c20-16(21-13-14-7-2-1-3-8-14)18-11-6-9-15(18)19-12-5-4-10-17-19/h1-5,7-8,10,12,15,17H,6,9,11,13H2. The summed E-state index contributed by atoms with van der Waals surface area (Å²) in [5.74, 6) is 0. The Labute approximate surface area is 124 Å². The minimum atomic E-state index is -0.258. The highest BCUT2D eigenvalue weighted by Gasteiger charge is 2.33. The van der Waals surface area contributed by atoms with Gasteiger partial charge in [-0.15, -0.1) is 0 Å². The van der Waals surface area contributed by atoms with Gasteiger partial charge < -0.3 is 10.2 Å². The average Bonchev–Trinajstić information content (AvgIpc) is 3.04. The summed E-state index contributed by atoms with van der Waals surface area (Å²) in [6, 6.07) is 9.74. The van der Waals surface area contributed by atoms with Gasteiger partial charge in [0.25, 0.3) is 0 Å². The Balaban J connectivity index is 1.58. The molecular weight excluding hydrogens is 266 g/mol. The van der Waals surface area contributed by atoms with E-state index in [0.29, 0.717) is 6.61 Å². The van der Waals surface area contributed by atoms with Crippen LogP contribution in [0, 0.1) is 0 Å². The Kier molecular flexibility index (Phi) is 4.09. The molecule has 1 saturated heterocycles. The van der Waals surface area contributed by atoms with Crippen LogP contribution < -0.4 is 5.43 Å². The number of likely N-dealkylation sites (tertiary alicyclic amines) is 1. The predicted octanol–water partition coefficient (Wildman–Crippen LogP) is 2.59. The molecule has 110 valence electrons. The number of hydrazine groups is 1. The molecule has 5 heteroatoms. The Morgan fingerprint density at radius 3 is 2.90 bits per heavy atom. The minimum absolute atomic E-state index is 0.00877. The third kappa shape index (κ3) is 3.18. The van der Waals surface area contributed by atoms with Gasteiger partial charge in [-0.25, -0.2) is 4.79 Å². The zero-order chi connectivity index (χ0) is 14.5. The van der Waals surface area contributed by atoms with Crippen LogP contribution >= 0.6 is 0 Å². The number of hydrogen-bond acceptors (Lipinski definition) is 4. The molecule has 0 aliphatic carbocycles. The molecule has 1 aromatic rings. The first kappa shape index (κ1) is 13.5. The fraction of sp³-hybridized carbons (Fsp3) is 0.312. The van der Waals surface area contributed by atoms with Crippen molar-refractivity contribution in [2.75, 3.05) is 6.54 Å². The van der Waals surface area contributed by atoms with Crippen LogP contribution in [0.3, 0.4) is 0 Å². The highest BCUT2D eigenvalue weighted by atomic mass is 16.6. The summed E-state index contributed by atoms with van der Waals surface area (Å²) in [5.41, 5.74) is 4.14. The lowest BCUT2D eigenvalue weighted by molar-refractivity contribution is 0.0507. The van der Waals surface area contributed by atoms with Crippen molar-refractivity contribution in [2.45, 2.75) is 25.6 Å². The second kappa shape index (κ2) is 6.35. The quantitative estimate of drug-likeness (QED) is 0.927. The van der Waals surface area contributed by atoms with Gasteiger partial charge in [-0.1, -0.05) is 30.3 Å². The molecule has 2 aliphatic rings. The van der Waals surface area contributed by atoms with Crippen molar-refractivity contribution in [3.05, 3.63) is 60.4 Å². The van der Waals surface area contributed by atoms with Crippen molar-refractivity contribution in [2.24, 2.45) is 0 Å². The highest BCUT2D eigenvalue weighted by Crippen LogP contribution is 2.22. The number of carbonyl (C=O) groups excluding carboxylic acids is 1. The van der Waals surface area contributed by atoms with Crippen LogP contribution in [-0.4, -0.2) is 28.7 Å². The molecule has 0 saturated carbocycles. The monoisotopic (exact) mass is 285 g/mol. The number of benzene rings is 1. The van der Waals surface area contributed by atoms with Crippen LogP contribution in [0.25, 0.3) is 0 Å². The van der Waals surface area contributed by atoms with Crippen LogP contribution in [0.2, 0.25) is 0 Å². The summed E-state index contributed by atoms with van der Waals surface area (Å²) in [6.45, 7) is 1.04. The van der Waals surface area contributed by atoms with Gasteiger partial charge in [0.2, 0.25) is 0 Å². The van der Waals surface area contributed by atoms with Crippen LogP contribution in [0.1, 0.15) is 18.4 Å². The summed E-state index contributed by atoms with van der Waals surface area (Å²) >= 11 is 0. The van der Waals surface area contributed by atoms with Crippen molar-refractivity contribution in [3.8, 4) is 0 Å². The Morgan fingerprint density at radius 1 is 1.29 bits per heavy atom. The molecule has 0 spiro atoms. The van der Waals surface area contributed by atoms with Crippen LogP contribution in [-0.2, 0) is 11.3 Å². The van der Waals surface area contributed by atoms with E-state index in [0.717, 1.165) is 24.9 Å². The van der Waals surface area contributed by atoms with Gasteiger partial charge in [0.15, 0.2) is 0 Å². The normalized spacial score (nSPS) is 20.5. The predicted molar refractivity (Wildman–Crippen MR) is 79.6 cm³/mol. The van der Waals surface area contributed by atoms with Crippen molar-refractivity contribution < 1.29 is 9.53 Å². The number of allylic oxidation sites excluding steroid dienone is 2. The minimum Gasteiger partial charge on any atom is -0.444 e. The van der Waals surface area contributed by atoms with Crippen LogP contribution in [0.15, 0.2) is 54.9 Å². The number of hydrogen-bond donors (Lipinski definition) is 1. The molecule has 0 radical (unpaired) electrons. The Morgan fingerprint density at radius 2 is 2.14 bits per heavy atom. The lowest BCUT2D eigenvalue weighted by atomic mass is 10.2. The number of rotatable bonds is 3. The molecule has 5 nitrogen and oxygen atoms in total. The third-order valence-corrected chi connectivity index (χ3v) is 3.66. The zero-order valence-corrected chi connectivity index (χ0v) is 11.8. The average molecular weight is 285 g/mol. The molecule has 21 heavy (non-hydrogen) atoms. The molecule has 2 aliphatic heterocycles. The number of nitrogens with zero attached hydrogens (tertiary/aromatic N) is 2. The van der Waals surface area contributed by atoms with Gasteiger partial charge >= 0.3 is 6.09 Å². The van der Waals surface area contributed by atoms with E-state index in [1.165, 1.54) is 0 Å². The smallest absolute Gasteiger partial charge is 0.411 e. The zero-order valence-electron chi connectivity index (χ0n) is 11.8. The van der Waals surface area contributed by atoms with Gasteiger partial charge in [-0.3, -0.25) is 9.91 Å². The Bertz CT molecular complexity index is 542. The molecule has 1 atom stereocenters. The molecule has 1 amide bonds. The van der Waals surface area contributed by atoms with E-state index in [4.69, 9.17) is 4.74 Å². The first-order valence-electron chi connectivity index (χ1n) is 7.20. The van der Waals surface area contributed by atoms with E-state index in [1.807, 2.05) is 59.9 Å². The molecule has 2 heterocycles. The topological polar surface area (TPSA) is 44.8 Å². The molecule has 1 N–H and O–H groups in total. The molecule has 0 aromatic heterocycles. The number of amides is 1. The van der Waals surface area contributed by atoms with E-state index in [9.17, 15) is 4.79 Å². The molecule has 1 unspecified atom stereocenters. The fourth-order valence-electron chi connectivity index (χ4n) is 2.61. The van der Waals surface area contributed by atoms with Gasteiger partial charge in [0.05, 0.1) is 0 Å². The Hall–Kier alpha value is -2.43. The van der Waals surface area contributed by atoms with E-state index < -0.39 is 0 Å². The van der Waals surface area contributed by atoms with Crippen molar-refractivity contribution >= 4 is 6.09 Å². The fourth-order valence-corrected chi connectivity index (χ4v) is 2.61. The van der Waals surface area contributed by atoms with E-state index in [1.54, 1.807) is 4.90 Å². The first-order chi connectivity index (χ1) is 10.3. The van der Waals surface area contributed by atoms with E-state index in [2.05, 4.69) is 5.43 Å². The molecule has 3 rings (SSSR count). The summed E-state index contributed by atoms with van der Waals surface area (Å²) in [4.78, 5) is 14.1. The maximum absolute atomic E-state index is 12.3. The molecule has 1 aromatic carbocycles. The van der Waals surface area contributed by atoms with E-state index in [-0.39, 0.29) is 12.3 Å². The van der Waals surface area contributed by atoms with E-state index >= 15 is 0 Å². The van der Waals surface area contributed by atoms with Crippen LogP contribution in [0.4, 0.5) is 4.79 Å². The van der Waals surface area contributed by atoms with Gasteiger partial charge in [0, 0.05) is 18.9 Å².